The van der Waals surface area contributed by atoms with Crippen molar-refractivity contribution < 1.29 is 4.79 Å². The molecule has 0 radical (unpaired) electrons. The predicted octanol–water partition coefficient (Wildman–Crippen LogP) is 2.96. The summed E-state index contributed by atoms with van der Waals surface area (Å²) in [5.74, 6) is 1.31. The number of rotatable bonds is 4. The highest BCUT2D eigenvalue weighted by molar-refractivity contribution is 8.68. The summed E-state index contributed by atoms with van der Waals surface area (Å²) in [4.78, 5) is 11.3. The fraction of sp³-hybridized carbons (Fsp3) is 0.875. The Morgan fingerprint density at radius 1 is 1.45 bits per heavy atom. The molecule has 0 aliphatic rings. The third-order valence-electron chi connectivity index (χ3n) is 1.48. The highest BCUT2D eigenvalue weighted by atomic mass is 33.1. The summed E-state index contributed by atoms with van der Waals surface area (Å²) in [5, 5.41) is 0. The molecule has 0 unspecified atom stereocenters. The maximum absolute atomic E-state index is 11.3. The number of ketones is 1. The molecule has 0 spiro atoms. The molecule has 0 aliphatic heterocycles. The lowest BCUT2D eigenvalue weighted by Crippen LogP contribution is -2.19. The molecular weight excluding hydrogens is 176 g/mol. The van der Waals surface area contributed by atoms with Gasteiger partial charge in [0.25, 0.3) is 0 Å². The second kappa shape index (κ2) is 5.09. The first-order valence-corrected chi connectivity index (χ1v) is 5.82. The Morgan fingerprint density at radius 2 is 2.00 bits per heavy atom. The zero-order valence-corrected chi connectivity index (χ0v) is 9.10. The van der Waals surface area contributed by atoms with Crippen molar-refractivity contribution in [2.24, 2.45) is 5.41 Å². The molecule has 0 N–H and O–H groups in total. The summed E-state index contributed by atoms with van der Waals surface area (Å²) in [6.07, 6.45) is 1.64. The average Bonchev–Trinajstić information content (AvgIpc) is 1.86. The van der Waals surface area contributed by atoms with Crippen LogP contribution in [0.1, 0.15) is 33.6 Å². The highest BCUT2D eigenvalue weighted by Gasteiger charge is 2.19. The van der Waals surface area contributed by atoms with Gasteiger partial charge in [0.05, 0.1) is 0 Å². The Balaban J connectivity index is 3.54. The Labute approximate surface area is 78.1 Å². The second-order valence-electron chi connectivity index (χ2n) is 3.61. The van der Waals surface area contributed by atoms with Crippen LogP contribution in [0.3, 0.4) is 0 Å². The highest BCUT2D eigenvalue weighted by Crippen LogP contribution is 2.18. The lowest BCUT2D eigenvalue weighted by Gasteiger charge is -2.15. The van der Waals surface area contributed by atoms with Crippen LogP contribution in [-0.2, 0) is 4.79 Å². The van der Waals surface area contributed by atoms with E-state index in [1.165, 1.54) is 10.8 Å². The summed E-state index contributed by atoms with van der Waals surface area (Å²) in [6.45, 7) is 5.88. The van der Waals surface area contributed by atoms with E-state index in [-0.39, 0.29) is 5.41 Å². The van der Waals surface area contributed by atoms with E-state index in [1.807, 2.05) is 20.8 Å². The smallest absolute Gasteiger partial charge is 0.138 e. The Hall–Kier alpha value is 0.370. The van der Waals surface area contributed by atoms with Gasteiger partial charge in [-0.15, -0.1) is 11.7 Å². The summed E-state index contributed by atoms with van der Waals surface area (Å²) in [7, 11) is 1.50. The van der Waals surface area contributed by atoms with Crippen molar-refractivity contribution in [3.05, 3.63) is 0 Å². The van der Waals surface area contributed by atoms with Gasteiger partial charge in [-0.25, -0.2) is 0 Å². The number of hydrogen-bond donors (Lipinski definition) is 1. The van der Waals surface area contributed by atoms with E-state index in [0.717, 1.165) is 12.2 Å². The number of thiol groups is 1. The summed E-state index contributed by atoms with van der Waals surface area (Å²) in [5.41, 5.74) is -0.165. The standard InChI is InChI=1S/C8H16OS2/c1-8(2,3)7(9)5-4-6-11-10/h10H,4-6H2,1-3H3. The van der Waals surface area contributed by atoms with Crippen molar-refractivity contribution in [2.75, 3.05) is 5.75 Å². The number of Topliss-reactive ketones (excluding diaryl/α,β-unsaturated/α-hetero) is 1. The molecule has 66 valence electrons. The van der Waals surface area contributed by atoms with Gasteiger partial charge in [-0.3, -0.25) is 4.79 Å². The van der Waals surface area contributed by atoms with Crippen LogP contribution in [0.4, 0.5) is 0 Å². The van der Waals surface area contributed by atoms with Crippen LogP contribution in [0.5, 0.6) is 0 Å². The third-order valence-corrected chi connectivity index (χ3v) is 2.49. The van der Waals surface area contributed by atoms with Crippen LogP contribution in [-0.4, -0.2) is 11.5 Å². The molecule has 0 saturated heterocycles. The Bertz CT molecular complexity index is 127. The predicted molar refractivity (Wildman–Crippen MR) is 55.1 cm³/mol. The van der Waals surface area contributed by atoms with Crippen molar-refractivity contribution in [3.63, 3.8) is 0 Å². The first kappa shape index (κ1) is 11.4. The van der Waals surface area contributed by atoms with Gasteiger partial charge in [0.2, 0.25) is 0 Å². The molecule has 0 fully saturated rings. The fourth-order valence-electron chi connectivity index (χ4n) is 0.672. The SMILES string of the molecule is CC(C)(C)C(=O)CCCSS. The molecule has 0 amide bonds. The Kier molecular flexibility index (Phi) is 5.26. The molecule has 0 aromatic carbocycles. The molecule has 0 aromatic heterocycles. The molecule has 1 nitrogen and oxygen atoms in total. The third kappa shape index (κ3) is 5.62. The van der Waals surface area contributed by atoms with Crippen LogP contribution in [0.25, 0.3) is 0 Å². The van der Waals surface area contributed by atoms with Crippen molar-refractivity contribution in [2.45, 2.75) is 33.6 Å². The molecule has 0 aliphatic carbocycles. The van der Waals surface area contributed by atoms with Crippen molar-refractivity contribution in [1.29, 1.82) is 0 Å². The number of carbonyl (C=O) groups is 1. The van der Waals surface area contributed by atoms with E-state index < -0.39 is 0 Å². The lowest BCUT2D eigenvalue weighted by molar-refractivity contribution is -0.126. The van der Waals surface area contributed by atoms with Gasteiger partial charge in [0.15, 0.2) is 0 Å². The zero-order chi connectivity index (χ0) is 8.91. The average molecular weight is 192 g/mol. The summed E-state index contributed by atoms with van der Waals surface area (Å²) in [6, 6.07) is 0. The molecular formula is C8H16OS2. The van der Waals surface area contributed by atoms with Crippen molar-refractivity contribution in [1.82, 2.24) is 0 Å². The monoisotopic (exact) mass is 192 g/mol. The van der Waals surface area contributed by atoms with Gasteiger partial charge in [-0.05, 0) is 6.42 Å². The van der Waals surface area contributed by atoms with Crippen LogP contribution < -0.4 is 0 Å². The minimum Gasteiger partial charge on any atom is -0.299 e. The van der Waals surface area contributed by atoms with Crippen molar-refractivity contribution >= 4 is 28.2 Å². The fourth-order valence-corrected chi connectivity index (χ4v) is 1.33. The van der Waals surface area contributed by atoms with E-state index in [1.54, 1.807) is 0 Å². The van der Waals surface area contributed by atoms with Crippen LogP contribution in [0, 0.1) is 5.41 Å². The van der Waals surface area contributed by atoms with Crippen LogP contribution in [0.2, 0.25) is 0 Å². The lowest BCUT2D eigenvalue weighted by atomic mass is 9.88. The number of carbonyl (C=O) groups excluding carboxylic acids is 1. The van der Waals surface area contributed by atoms with E-state index in [9.17, 15) is 4.79 Å². The van der Waals surface area contributed by atoms with E-state index in [2.05, 4.69) is 11.7 Å². The molecule has 0 atom stereocenters. The van der Waals surface area contributed by atoms with Gasteiger partial charge in [-0.2, -0.15) is 0 Å². The topological polar surface area (TPSA) is 17.1 Å². The minimum absolute atomic E-state index is 0.165. The first-order chi connectivity index (χ1) is 4.98. The summed E-state index contributed by atoms with van der Waals surface area (Å²) < 4.78 is 0. The maximum Gasteiger partial charge on any atom is 0.138 e. The van der Waals surface area contributed by atoms with E-state index in [0.29, 0.717) is 12.2 Å². The molecule has 0 bridgehead atoms. The zero-order valence-electron chi connectivity index (χ0n) is 7.39. The van der Waals surface area contributed by atoms with Gasteiger partial charge < -0.3 is 0 Å². The summed E-state index contributed by atoms with van der Waals surface area (Å²) >= 11 is 4.00. The molecule has 0 aromatic rings. The molecule has 3 heteroatoms. The van der Waals surface area contributed by atoms with Gasteiger partial charge in [0.1, 0.15) is 5.78 Å². The van der Waals surface area contributed by atoms with E-state index >= 15 is 0 Å². The first-order valence-electron chi connectivity index (χ1n) is 3.78. The minimum atomic E-state index is -0.165. The number of hydrogen-bond acceptors (Lipinski definition) is 3. The van der Waals surface area contributed by atoms with Gasteiger partial charge in [-0.1, -0.05) is 31.6 Å². The molecule has 0 heterocycles. The van der Waals surface area contributed by atoms with Gasteiger partial charge in [0, 0.05) is 17.6 Å². The van der Waals surface area contributed by atoms with E-state index in [4.69, 9.17) is 0 Å². The second-order valence-corrected chi connectivity index (χ2v) is 5.05. The molecule has 0 rings (SSSR count). The van der Waals surface area contributed by atoms with Crippen LogP contribution >= 0.6 is 22.5 Å². The maximum atomic E-state index is 11.3. The molecule has 11 heavy (non-hydrogen) atoms. The Morgan fingerprint density at radius 3 is 2.36 bits per heavy atom. The largest absolute Gasteiger partial charge is 0.299 e. The normalized spacial score (nSPS) is 11.6. The molecule has 0 saturated carbocycles. The van der Waals surface area contributed by atoms with Crippen molar-refractivity contribution in [3.8, 4) is 0 Å². The quantitative estimate of drug-likeness (QED) is 0.419. The van der Waals surface area contributed by atoms with Gasteiger partial charge >= 0.3 is 0 Å². The van der Waals surface area contributed by atoms with Crippen LogP contribution in [0.15, 0.2) is 0 Å².